The molecule has 0 unspecified atom stereocenters. The summed E-state index contributed by atoms with van der Waals surface area (Å²) >= 11 is 0. The van der Waals surface area contributed by atoms with Crippen LogP contribution in [0.4, 0.5) is 0 Å². The predicted molar refractivity (Wildman–Crippen MR) is 70.4 cm³/mol. The van der Waals surface area contributed by atoms with Gasteiger partial charge in [-0.3, -0.25) is 5.10 Å². The van der Waals surface area contributed by atoms with E-state index in [1.807, 2.05) is 12.1 Å². The van der Waals surface area contributed by atoms with Gasteiger partial charge in [-0.2, -0.15) is 5.10 Å². The second kappa shape index (κ2) is 5.18. The molecule has 0 saturated heterocycles. The van der Waals surface area contributed by atoms with E-state index in [1.54, 1.807) is 7.11 Å². The van der Waals surface area contributed by atoms with Crippen molar-refractivity contribution in [2.24, 2.45) is 5.73 Å². The topological polar surface area (TPSA) is 76.8 Å². The van der Waals surface area contributed by atoms with Crippen LogP contribution in [0.3, 0.4) is 0 Å². The molecule has 0 aliphatic carbocycles. The Bertz CT molecular complexity index is 534. The number of hydrogen-bond donors (Lipinski definition) is 2. The largest absolute Gasteiger partial charge is 0.496 e. The summed E-state index contributed by atoms with van der Waals surface area (Å²) in [7, 11) is 1.68. The minimum absolute atomic E-state index is 0.361. The maximum absolute atomic E-state index is 5.51. The van der Waals surface area contributed by atoms with Crippen LogP contribution in [-0.4, -0.2) is 22.3 Å². The first-order chi connectivity index (χ1) is 8.65. The molecule has 0 bridgehead atoms. The van der Waals surface area contributed by atoms with Crippen molar-refractivity contribution in [2.45, 2.75) is 26.3 Å². The molecule has 0 radical (unpaired) electrons. The van der Waals surface area contributed by atoms with Crippen LogP contribution in [0.5, 0.6) is 5.75 Å². The first-order valence-electron chi connectivity index (χ1n) is 5.95. The van der Waals surface area contributed by atoms with E-state index in [-0.39, 0.29) is 0 Å². The third-order valence-corrected chi connectivity index (χ3v) is 2.83. The summed E-state index contributed by atoms with van der Waals surface area (Å²) in [6, 6.07) is 5.96. The van der Waals surface area contributed by atoms with E-state index in [1.165, 1.54) is 0 Å². The van der Waals surface area contributed by atoms with Crippen molar-refractivity contribution in [3.63, 3.8) is 0 Å². The smallest absolute Gasteiger partial charge is 0.181 e. The lowest BCUT2D eigenvalue weighted by atomic mass is 9.99. The van der Waals surface area contributed by atoms with Crippen LogP contribution in [0.1, 0.15) is 31.2 Å². The van der Waals surface area contributed by atoms with E-state index in [0.29, 0.717) is 24.1 Å². The van der Waals surface area contributed by atoms with Crippen molar-refractivity contribution in [2.75, 3.05) is 7.11 Å². The molecule has 0 amide bonds. The van der Waals surface area contributed by atoms with Crippen molar-refractivity contribution in [1.29, 1.82) is 0 Å². The van der Waals surface area contributed by atoms with E-state index in [9.17, 15) is 0 Å². The molecule has 0 aliphatic rings. The van der Waals surface area contributed by atoms with E-state index >= 15 is 0 Å². The van der Waals surface area contributed by atoms with Gasteiger partial charge in [0, 0.05) is 5.56 Å². The Hall–Kier alpha value is -1.88. The summed E-state index contributed by atoms with van der Waals surface area (Å²) in [5.74, 6) is 2.63. The average Bonchev–Trinajstić information content (AvgIpc) is 2.86. The monoisotopic (exact) mass is 246 g/mol. The quantitative estimate of drug-likeness (QED) is 0.865. The number of methoxy groups -OCH3 is 1. The number of nitrogens with one attached hydrogen (secondary N) is 1. The predicted octanol–water partition coefficient (Wildman–Crippen LogP) is 2.06. The van der Waals surface area contributed by atoms with Crippen LogP contribution in [0.15, 0.2) is 18.2 Å². The van der Waals surface area contributed by atoms with Crippen molar-refractivity contribution in [3.05, 3.63) is 29.6 Å². The van der Waals surface area contributed by atoms with Gasteiger partial charge in [-0.1, -0.05) is 13.8 Å². The average molecular weight is 246 g/mol. The zero-order chi connectivity index (χ0) is 13.1. The Labute approximate surface area is 106 Å². The van der Waals surface area contributed by atoms with Gasteiger partial charge in [0.2, 0.25) is 0 Å². The maximum Gasteiger partial charge on any atom is 0.181 e. The second-order valence-electron chi connectivity index (χ2n) is 4.42. The minimum atomic E-state index is 0.361. The molecule has 96 valence electrons. The molecule has 5 nitrogen and oxygen atoms in total. The molecule has 0 aliphatic heterocycles. The Morgan fingerprint density at radius 3 is 2.72 bits per heavy atom. The molecule has 1 aromatic carbocycles. The molecule has 1 aromatic heterocycles. The Kier molecular flexibility index (Phi) is 3.62. The summed E-state index contributed by atoms with van der Waals surface area (Å²) in [6.07, 6.45) is 0. The number of nitrogens with zero attached hydrogens (tertiary/aromatic N) is 2. The van der Waals surface area contributed by atoms with Gasteiger partial charge >= 0.3 is 0 Å². The fourth-order valence-electron chi connectivity index (χ4n) is 1.84. The first kappa shape index (κ1) is 12.6. The lowest BCUT2D eigenvalue weighted by Crippen LogP contribution is -1.98. The van der Waals surface area contributed by atoms with Crippen molar-refractivity contribution >= 4 is 0 Å². The second-order valence-corrected chi connectivity index (χ2v) is 4.42. The SMILES string of the molecule is COc1ccc(-c2n[nH]c(CN)n2)cc1C(C)C. The van der Waals surface area contributed by atoms with Crippen LogP contribution >= 0.6 is 0 Å². The van der Waals surface area contributed by atoms with Gasteiger partial charge in [0.25, 0.3) is 0 Å². The summed E-state index contributed by atoms with van der Waals surface area (Å²) < 4.78 is 5.36. The maximum atomic E-state index is 5.51. The first-order valence-corrected chi connectivity index (χ1v) is 5.95. The summed E-state index contributed by atoms with van der Waals surface area (Å²) in [6.45, 7) is 4.62. The van der Waals surface area contributed by atoms with Crippen LogP contribution in [0.2, 0.25) is 0 Å². The minimum Gasteiger partial charge on any atom is -0.496 e. The van der Waals surface area contributed by atoms with Gasteiger partial charge in [0.15, 0.2) is 5.82 Å². The normalized spacial score (nSPS) is 10.9. The molecular formula is C13H18N4O. The number of benzene rings is 1. The molecule has 0 atom stereocenters. The van der Waals surface area contributed by atoms with Gasteiger partial charge in [-0.15, -0.1) is 0 Å². The molecular weight excluding hydrogens is 228 g/mol. The van der Waals surface area contributed by atoms with Crippen molar-refractivity contribution in [1.82, 2.24) is 15.2 Å². The molecule has 2 aromatic rings. The molecule has 0 spiro atoms. The number of H-pyrrole nitrogens is 1. The van der Waals surface area contributed by atoms with E-state index in [4.69, 9.17) is 10.5 Å². The lowest BCUT2D eigenvalue weighted by molar-refractivity contribution is 0.407. The Morgan fingerprint density at radius 2 is 2.17 bits per heavy atom. The fourth-order valence-corrected chi connectivity index (χ4v) is 1.84. The molecule has 1 heterocycles. The van der Waals surface area contributed by atoms with Crippen molar-refractivity contribution in [3.8, 4) is 17.1 Å². The Morgan fingerprint density at radius 1 is 1.39 bits per heavy atom. The zero-order valence-electron chi connectivity index (χ0n) is 10.9. The van der Waals surface area contributed by atoms with E-state index in [0.717, 1.165) is 16.9 Å². The highest BCUT2D eigenvalue weighted by atomic mass is 16.5. The molecule has 0 saturated carbocycles. The molecule has 18 heavy (non-hydrogen) atoms. The number of hydrogen-bond acceptors (Lipinski definition) is 4. The van der Waals surface area contributed by atoms with Crippen molar-refractivity contribution < 1.29 is 4.74 Å². The number of ether oxygens (including phenoxy) is 1. The summed E-state index contributed by atoms with van der Waals surface area (Å²) in [4.78, 5) is 4.32. The van der Waals surface area contributed by atoms with Gasteiger partial charge in [-0.05, 0) is 29.7 Å². The van der Waals surface area contributed by atoms with Gasteiger partial charge in [0.05, 0.1) is 13.7 Å². The third kappa shape index (κ3) is 2.36. The van der Waals surface area contributed by atoms with Gasteiger partial charge in [-0.25, -0.2) is 4.98 Å². The summed E-state index contributed by atoms with van der Waals surface area (Å²) in [5.41, 5.74) is 7.63. The number of nitrogens with two attached hydrogens (primary N) is 1. The summed E-state index contributed by atoms with van der Waals surface area (Å²) in [5, 5.41) is 6.97. The highest BCUT2D eigenvalue weighted by Crippen LogP contribution is 2.30. The lowest BCUT2D eigenvalue weighted by Gasteiger charge is -2.12. The van der Waals surface area contributed by atoms with Gasteiger partial charge in [0.1, 0.15) is 11.6 Å². The highest BCUT2D eigenvalue weighted by molar-refractivity contribution is 5.59. The van der Waals surface area contributed by atoms with Crippen LogP contribution in [-0.2, 0) is 6.54 Å². The van der Waals surface area contributed by atoms with Crippen LogP contribution in [0, 0.1) is 0 Å². The number of aromatic nitrogens is 3. The van der Waals surface area contributed by atoms with Crippen LogP contribution in [0.25, 0.3) is 11.4 Å². The van der Waals surface area contributed by atoms with Crippen LogP contribution < -0.4 is 10.5 Å². The fraction of sp³-hybridized carbons (Fsp3) is 0.385. The van der Waals surface area contributed by atoms with E-state index < -0.39 is 0 Å². The molecule has 0 fully saturated rings. The Balaban J connectivity index is 2.42. The third-order valence-electron chi connectivity index (χ3n) is 2.83. The number of rotatable bonds is 4. The highest BCUT2D eigenvalue weighted by Gasteiger charge is 2.11. The molecule has 3 N–H and O–H groups in total. The van der Waals surface area contributed by atoms with E-state index in [2.05, 4.69) is 35.1 Å². The number of aromatic amines is 1. The molecule has 5 heteroatoms. The molecule has 2 rings (SSSR count). The standard InChI is InChI=1S/C13H18N4O/c1-8(2)10-6-9(4-5-11(10)18-3)13-15-12(7-14)16-17-13/h4-6,8H,7,14H2,1-3H3,(H,15,16,17). The van der Waals surface area contributed by atoms with Gasteiger partial charge < -0.3 is 10.5 Å². The zero-order valence-corrected chi connectivity index (χ0v) is 10.9.